The van der Waals surface area contributed by atoms with Crippen molar-refractivity contribution in [3.05, 3.63) is 23.9 Å². The van der Waals surface area contributed by atoms with Crippen molar-refractivity contribution in [1.29, 1.82) is 0 Å². The van der Waals surface area contributed by atoms with Gasteiger partial charge in [-0.1, -0.05) is 0 Å². The minimum Gasteiger partial charge on any atom is -0.475 e. The van der Waals surface area contributed by atoms with E-state index >= 15 is 0 Å². The molecule has 0 spiro atoms. The predicted octanol–water partition coefficient (Wildman–Crippen LogP) is 1.73. The minimum absolute atomic E-state index is 0.129. The van der Waals surface area contributed by atoms with Crippen molar-refractivity contribution >= 4 is 0 Å². The zero-order chi connectivity index (χ0) is 12.0. The number of pyridine rings is 1. The lowest BCUT2D eigenvalue weighted by molar-refractivity contribution is -0.0168. The second-order valence-electron chi connectivity index (χ2n) is 4.52. The van der Waals surface area contributed by atoms with E-state index in [1.807, 2.05) is 32.9 Å². The van der Waals surface area contributed by atoms with E-state index in [-0.39, 0.29) is 5.60 Å². The molecular formula is C12H20N2O2. The summed E-state index contributed by atoms with van der Waals surface area (Å²) in [5.41, 5.74) is 6.41. The molecule has 0 aliphatic heterocycles. The van der Waals surface area contributed by atoms with Crippen molar-refractivity contribution in [3.8, 4) is 5.88 Å². The number of rotatable bonds is 5. The molecule has 0 radical (unpaired) electrons. The number of nitrogens with zero attached hydrogens (tertiary/aromatic N) is 1. The molecule has 4 heteroatoms. The summed E-state index contributed by atoms with van der Waals surface area (Å²) in [5, 5.41) is 0. The average molecular weight is 224 g/mol. The number of nitrogens with two attached hydrogens (primary N) is 1. The van der Waals surface area contributed by atoms with Gasteiger partial charge in [0.1, 0.15) is 6.61 Å². The first-order valence-electron chi connectivity index (χ1n) is 5.43. The zero-order valence-electron chi connectivity index (χ0n) is 10.2. The van der Waals surface area contributed by atoms with Crippen LogP contribution in [-0.4, -0.2) is 23.8 Å². The van der Waals surface area contributed by atoms with Crippen LogP contribution in [0.15, 0.2) is 18.3 Å². The number of ether oxygens (including phenoxy) is 2. The highest BCUT2D eigenvalue weighted by Crippen LogP contribution is 2.09. The van der Waals surface area contributed by atoms with Crippen LogP contribution < -0.4 is 10.5 Å². The van der Waals surface area contributed by atoms with Gasteiger partial charge >= 0.3 is 0 Å². The summed E-state index contributed by atoms with van der Waals surface area (Å²) in [6.07, 6.45) is 1.70. The first-order chi connectivity index (χ1) is 7.51. The van der Waals surface area contributed by atoms with Crippen LogP contribution in [0.1, 0.15) is 26.3 Å². The first-order valence-corrected chi connectivity index (χ1v) is 5.43. The largest absolute Gasteiger partial charge is 0.475 e. The van der Waals surface area contributed by atoms with Crippen LogP contribution in [-0.2, 0) is 11.3 Å². The summed E-state index contributed by atoms with van der Waals surface area (Å²) in [6.45, 7) is 7.59. The van der Waals surface area contributed by atoms with Gasteiger partial charge in [-0.3, -0.25) is 0 Å². The maximum absolute atomic E-state index is 5.53. The number of hydrogen-bond acceptors (Lipinski definition) is 4. The third kappa shape index (κ3) is 5.09. The Morgan fingerprint density at radius 2 is 2.06 bits per heavy atom. The maximum Gasteiger partial charge on any atom is 0.213 e. The Balaban J connectivity index is 2.32. The molecule has 0 atom stereocenters. The molecule has 0 aliphatic carbocycles. The summed E-state index contributed by atoms with van der Waals surface area (Å²) < 4.78 is 11.0. The van der Waals surface area contributed by atoms with Crippen molar-refractivity contribution in [2.24, 2.45) is 5.73 Å². The van der Waals surface area contributed by atoms with Crippen molar-refractivity contribution in [1.82, 2.24) is 4.98 Å². The van der Waals surface area contributed by atoms with Gasteiger partial charge in [0.05, 0.1) is 12.2 Å². The summed E-state index contributed by atoms with van der Waals surface area (Å²) in [4.78, 5) is 4.09. The Hall–Kier alpha value is -1.13. The zero-order valence-corrected chi connectivity index (χ0v) is 10.2. The van der Waals surface area contributed by atoms with Crippen molar-refractivity contribution in [2.75, 3.05) is 13.2 Å². The summed E-state index contributed by atoms with van der Waals surface area (Å²) in [7, 11) is 0. The quantitative estimate of drug-likeness (QED) is 0.774. The standard InChI is InChI=1S/C12H20N2O2/c1-12(2,3)16-7-6-15-11-8-10(9-13)4-5-14-11/h4-5,8H,6-7,9,13H2,1-3H3. The van der Waals surface area contributed by atoms with Crippen LogP contribution in [0.3, 0.4) is 0 Å². The fourth-order valence-electron chi connectivity index (χ4n) is 1.15. The molecule has 0 aromatic carbocycles. The Bertz CT molecular complexity index is 321. The van der Waals surface area contributed by atoms with E-state index in [9.17, 15) is 0 Å². The summed E-state index contributed by atoms with van der Waals surface area (Å²) in [6, 6.07) is 3.72. The van der Waals surface area contributed by atoms with Gasteiger partial charge in [-0.2, -0.15) is 0 Å². The van der Waals surface area contributed by atoms with E-state index in [0.717, 1.165) is 5.56 Å². The highest BCUT2D eigenvalue weighted by molar-refractivity contribution is 5.19. The summed E-state index contributed by atoms with van der Waals surface area (Å²) >= 11 is 0. The average Bonchev–Trinajstić information content (AvgIpc) is 2.23. The monoisotopic (exact) mass is 224 g/mol. The van der Waals surface area contributed by atoms with Crippen LogP contribution in [0.25, 0.3) is 0 Å². The molecule has 0 saturated carbocycles. The lowest BCUT2D eigenvalue weighted by Crippen LogP contribution is -2.22. The lowest BCUT2D eigenvalue weighted by atomic mass is 10.2. The molecule has 1 heterocycles. The molecule has 4 nitrogen and oxygen atoms in total. The van der Waals surface area contributed by atoms with Crippen LogP contribution in [0, 0.1) is 0 Å². The van der Waals surface area contributed by atoms with Crippen molar-refractivity contribution in [3.63, 3.8) is 0 Å². The van der Waals surface area contributed by atoms with Gasteiger partial charge in [0.15, 0.2) is 0 Å². The highest BCUT2D eigenvalue weighted by Gasteiger charge is 2.09. The molecular weight excluding hydrogens is 204 g/mol. The van der Waals surface area contributed by atoms with Gasteiger partial charge in [0, 0.05) is 18.8 Å². The third-order valence-corrected chi connectivity index (χ3v) is 1.90. The van der Waals surface area contributed by atoms with Crippen LogP contribution in [0.5, 0.6) is 5.88 Å². The van der Waals surface area contributed by atoms with Gasteiger partial charge in [-0.15, -0.1) is 0 Å². The molecule has 0 amide bonds. The topological polar surface area (TPSA) is 57.4 Å². The van der Waals surface area contributed by atoms with Crippen LogP contribution in [0.2, 0.25) is 0 Å². The van der Waals surface area contributed by atoms with Gasteiger partial charge in [0.2, 0.25) is 5.88 Å². The molecule has 0 saturated heterocycles. The van der Waals surface area contributed by atoms with E-state index in [0.29, 0.717) is 25.6 Å². The second-order valence-corrected chi connectivity index (χ2v) is 4.52. The Morgan fingerprint density at radius 3 is 2.69 bits per heavy atom. The number of hydrogen-bond donors (Lipinski definition) is 1. The molecule has 1 aromatic heterocycles. The molecule has 1 rings (SSSR count). The Labute approximate surface area is 96.8 Å². The minimum atomic E-state index is -0.129. The van der Waals surface area contributed by atoms with Crippen molar-refractivity contribution < 1.29 is 9.47 Å². The third-order valence-electron chi connectivity index (χ3n) is 1.90. The Kier molecular flexibility index (Phi) is 4.71. The van der Waals surface area contributed by atoms with Gasteiger partial charge in [-0.05, 0) is 32.4 Å². The normalized spacial score (nSPS) is 11.5. The van der Waals surface area contributed by atoms with E-state index in [1.165, 1.54) is 0 Å². The first kappa shape index (κ1) is 12.9. The molecule has 0 unspecified atom stereocenters. The van der Waals surface area contributed by atoms with Gasteiger partial charge in [-0.25, -0.2) is 4.98 Å². The fourth-order valence-corrected chi connectivity index (χ4v) is 1.15. The molecule has 0 aliphatic rings. The molecule has 90 valence electrons. The molecule has 0 bridgehead atoms. The van der Waals surface area contributed by atoms with Crippen LogP contribution >= 0.6 is 0 Å². The fraction of sp³-hybridized carbons (Fsp3) is 0.583. The molecule has 1 aromatic rings. The molecule has 2 N–H and O–H groups in total. The van der Waals surface area contributed by atoms with Gasteiger partial charge in [0.25, 0.3) is 0 Å². The Morgan fingerprint density at radius 1 is 1.31 bits per heavy atom. The van der Waals surface area contributed by atoms with Gasteiger partial charge < -0.3 is 15.2 Å². The maximum atomic E-state index is 5.53. The van der Waals surface area contributed by atoms with E-state index < -0.39 is 0 Å². The lowest BCUT2D eigenvalue weighted by Gasteiger charge is -2.19. The van der Waals surface area contributed by atoms with E-state index in [2.05, 4.69) is 4.98 Å². The van der Waals surface area contributed by atoms with Crippen molar-refractivity contribution in [2.45, 2.75) is 32.9 Å². The second kappa shape index (κ2) is 5.82. The SMILES string of the molecule is CC(C)(C)OCCOc1cc(CN)ccn1. The highest BCUT2D eigenvalue weighted by atomic mass is 16.5. The summed E-state index contributed by atoms with van der Waals surface area (Å²) in [5.74, 6) is 0.598. The molecule has 16 heavy (non-hydrogen) atoms. The molecule has 0 fully saturated rings. The predicted molar refractivity (Wildman–Crippen MR) is 63.3 cm³/mol. The van der Waals surface area contributed by atoms with E-state index in [4.69, 9.17) is 15.2 Å². The van der Waals surface area contributed by atoms with E-state index in [1.54, 1.807) is 6.20 Å². The smallest absolute Gasteiger partial charge is 0.213 e. The van der Waals surface area contributed by atoms with Crippen LogP contribution in [0.4, 0.5) is 0 Å². The number of aromatic nitrogens is 1.